The van der Waals surface area contributed by atoms with Crippen LogP contribution in [-0.4, -0.2) is 49.3 Å². The Kier molecular flexibility index (Phi) is 4.60. The van der Waals surface area contributed by atoms with Crippen LogP contribution in [0, 0.1) is 11.8 Å². The summed E-state index contributed by atoms with van der Waals surface area (Å²) in [5.74, 6) is -1.09. The Morgan fingerprint density at radius 1 is 1.13 bits per heavy atom. The van der Waals surface area contributed by atoms with Crippen molar-refractivity contribution in [3.05, 3.63) is 28.9 Å². The molecule has 1 aliphatic carbocycles. The third-order valence-corrected chi connectivity index (χ3v) is 6.78. The lowest BCUT2D eigenvalue weighted by molar-refractivity contribution is -0.144. The molecule has 4 N–H and O–H groups in total. The summed E-state index contributed by atoms with van der Waals surface area (Å²) in [4.78, 5) is 50.2. The summed E-state index contributed by atoms with van der Waals surface area (Å²) in [7, 11) is 0. The highest BCUT2D eigenvalue weighted by molar-refractivity contribution is 6.01. The molecular formula is C21H26N6O3. The second-order valence-electron chi connectivity index (χ2n) is 8.54. The minimum Gasteiger partial charge on any atom is -0.369 e. The van der Waals surface area contributed by atoms with Crippen LogP contribution in [0.4, 0.5) is 0 Å². The molecule has 2 amide bonds. The van der Waals surface area contributed by atoms with Crippen molar-refractivity contribution in [2.75, 3.05) is 13.1 Å². The number of nitrogens with two attached hydrogens (primary N) is 1. The number of carbonyl (C=O) groups excluding carboxylic acids is 2. The third-order valence-electron chi connectivity index (χ3n) is 6.78. The van der Waals surface area contributed by atoms with Crippen molar-refractivity contribution in [3.63, 3.8) is 0 Å². The third kappa shape index (κ3) is 3.00. The fraction of sp³-hybridized carbons (Fsp3) is 0.524. The minimum absolute atomic E-state index is 0.00421. The van der Waals surface area contributed by atoms with Gasteiger partial charge in [0, 0.05) is 36.5 Å². The monoisotopic (exact) mass is 410 g/mol. The van der Waals surface area contributed by atoms with Gasteiger partial charge in [0.05, 0.1) is 23.3 Å². The van der Waals surface area contributed by atoms with E-state index in [9.17, 15) is 14.4 Å². The van der Waals surface area contributed by atoms with Crippen molar-refractivity contribution in [2.45, 2.75) is 44.6 Å². The molecule has 1 saturated carbocycles. The van der Waals surface area contributed by atoms with E-state index < -0.39 is 0 Å². The Balaban J connectivity index is 1.47. The Labute approximate surface area is 172 Å². The Hall–Kier alpha value is -3.10. The molecule has 9 nitrogen and oxygen atoms in total. The molecule has 3 unspecified atom stereocenters. The first-order chi connectivity index (χ1) is 14.5. The molecule has 1 aliphatic heterocycles. The summed E-state index contributed by atoms with van der Waals surface area (Å²) in [6.07, 6.45) is 8.36. The van der Waals surface area contributed by atoms with Gasteiger partial charge in [-0.05, 0) is 31.7 Å². The molecule has 158 valence electrons. The normalized spacial score (nSPS) is 25.1. The number of aromatic nitrogens is 4. The van der Waals surface area contributed by atoms with E-state index in [1.54, 1.807) is 10.8 Å². The number of hydrogen-bond acceptors (Lipinski definition) is 4. The Bertz CT molecular complexity index is 1170. The predicted octanol–water partition coefficient (Wildman–Crippen LogP) is 1.66. The molecule has 3 atom stereocenters. The number of H-pyrrole nitrogens is 2. The highest BCUT2D eigenvalue weighted by Crippen LogP contribution is 2.34. The highest BCUT2D eigenvalue weighted by atomic mass is 16.2. The highest BCUT2D eigenvalue weighted by Gasteiger charge is 2.38. The zero-order valence-corrected chi connectivity index (χ0v) is 16.8. The molecule has 30 heavy (non-hydrogen) atoms. The number of nitrogens with zero attached hydrogens (tertiary/aromatic N) is 3. The van der Waals surface area contributed by atoms with Gasteiger partial charge in [-0.15, -0.1) is 0 Å². The van der Waals surface area contributed by atoms with Gasteiger partial charge in [0.25, 0.3) is 0 Å². The van der Waals surface area contributed by atoms with Crippen LogP contribution in [0.15, 0.2) is 23.3 Å². The molecule has 9 heteroatoms. The fourth-order valence-corrected chi connectivity index (χ4v) is 5.34. The molecule has 0 spiro atoms. The predicted molar refractivity (Wildman–Crippen MR) is 112 cm³/mol. The molecule has 0 radical (unpaired) electrons. The van der Waals surface area contributed by atoms with Crippen LogP contribution < -0.4 is 11.4 Å². The first-order valence-corrected chi connectivity index (χ1v) is 10.7. The van der Waals surface area contributed by atoms with Crippen LogP contribution in [0.1, 0.15) is 44.6 Å². The minimum atomic E-state index is -0.381. The average molecular weight is 410 g/mol. The number of carbonyl (C=O) groups is 2. The van der Waals surface area contributed by atoms with Crippen LogP contribution in [-0.2, 0) is 9.59 Å². The maximum atomic E-state index is 13.3. The zero-order valence-electron chi connectivity index (χ0n) is 16.8. The van der Waals surface area contributed by atoms with Gasteiger partial charge in [0.2, 0.25) is 11.8 Å². The molecule has 3 aromatic heterocycles. The molecular weight excluding hydrogens is 384 g/mol. The smallest absolute Gasteiger partial charge is 0.326 e. The molecule has 1 saturated heterocycles. The lowest BCUT2D eigenvalue weighted by Gasteiger charge is -2.38. The Morgan fingerprint density at radius 2 is 1.93 bits per heavy atom. The number of likely N-dealkylation sites (tertiary alicyclic amines) is 1. The molecule has 4 heterocycles. The maximum Gasteiger partial charge on any atom is 0.326 e. The van der Waals surface area contributed by atoms with Gasteiger partial charge >= 0.3 is 5.69 Å². The van der Waals surface area contributed by atoms with Gasteiger partial charge in [-0.3, -0.25) is 14.2 Å². The van der Waals surface area contributed by atoms with Crippen LogP contribution >= 0.6 is 0 Å². The van der Waals surface area contributed by atoms with E-state index >= 15 is 0 Å². The van der Waals surface area contributed by atoms with Crippen molar-refractivity contribution in [1.29, 1.82) is 0 Å². The lowest BCUT2D eigenvalue weighted by Crippen LogP contribution is -2.48. The second kappa shape index (κ2) is 7.30. The SMILES string of the molecule is NC(=O)C1CCCCC1C(=O)N1CCCC(n2c(=O)[nH]c3cnc4[nH]ccc4c32)C1. The largest absolute Gasteiger partial charge is 0.369 e. The first-order valence-electron chi connectivity index (χ1n) is 10.7. The van der Waals surface area contributed by atoms with E-state index in [4.69, 9.17) is 5.73 Å². The van der Waals surface area contributed by atoms with Gasteiger partial charge in [0.15, 0.2) is 0 Å². The summed E-state index contributed by atoms with van der Waals surface area (Å²) >= 11 is 0. The van der Waals surface area contributed by atoms with E-state index in [0.29, 0.717) is 31.4 Å². The molecule has 0 aromatic carbocycles. The number of rotatable bonds is 3. The van der Waals surface area contributed by atoms with Crippen LogP contribution in [0.3, 0.4) is 0 Å². The zero-order chi connectivity index (χ0) is 20.8. The van der Waals surface area contributed by atoms with Crippen molar-refractivity contribution >= 4 is 33.9 Å². The van der Waals surface area contributed by atoms with E-state index in [2.05, 4.69) is 15.0 Å². The average Bonchev–Trinajstić information content (AvgIpc) is 3.36. The standard InChI is InChI=1S/C21H26N6O3/c22-18(28)13-5-1-2-6-14(13)20(29)26-9-3-4-12(11-26)27-17-15-7-8-23-19(15)24-10-16(17)25-21(27)30/h7-8,10,12-14H,1-6,9,11H2,(H2,22,28)(H,23,24)(H,25,30). The number of amides is 2. The summed E-state index contributed by atoms with van der Waals surface area (Å²) in [5.41, 5.74) is 7.63. The summed E-state index contributed by atoms with van der Waals surface area (Å²) in [5, 5.41) is 0.885. The summed E-state index contributed by atoms with van der Waals surface area (Å²) in [6, 6.07) is 1.79. The van der Waals surface area contributed by atoms with Crippen LogP contribution in [0.2, 0.25) is 0 Å². The lowest BCUT2D eigenvalue weighted by atomic mass is 9.77. The summed E-state index contributed by atoms with van der Waals surface area (Å²) in [6.45, 7) is 1.11. The number of imidazole rings is 1. The Morgan fingerprint density at radius 3 is 2.73 bits per heavy atom. The van der Waals surface area contributed by atoms with Crippen LogP contribution in [0.5, 0.6) is 0 Å². The number of nitrogens with one attached hydrogen (secondary N) is 2. The van der Waals surface area contributed by atoms with E-state index in [-0.39, 0.29) is 35.4 Å². The van der Waals surface area contributed by atoms with Crippen molar-refractivity contribution in [2.24, 2.45) is 17.6 Å². The second-order valence-corrected chi connectivity index (χ2v) is 8.54. The number of piperidine rings is 1. The molecule has 3 aromatic rings. The van der Waals surface area contributed by atoms with Crippen molar-refractivity contribution < 1.29 is 9.59 Å². The molecule has 0 bridgehead atoms. The molecule has 2 aliphatic rings. The van der Waals surface area contributed by atoms with Crippen LogP contribution in [0.25, 0.3) is 22.1 Å². The van der Waals surface area contributed by atoms with Crippen molar-refractivity contribution in [1.82, 2.24) is 24.4 Å². The molecule has 2 fully saturated rings. The van der Waals surface area contributed by atoms with E-state index in [1.807, 2.05) is 17.2 Å². The quantitative estimate of drug-likeness (QED) is 0.606. The number of fused-ring (bicyclic) bond motifs is 3. The fourth-order valence-electron chi connectivity index (χ4n) is 5.34. The van der Waals surface area contributed by atoms with Crippen molar-refractivity contribution in [3.8, 4) is 0 Å². The number of pyridine rings is 1. The van der Waals surface area contributed by atoms with Gasteiger partial charge < -0.3 is 20.6 Å². The van der Waals surface area contributed by atoms with Gasteiger partial charge in [-0.2, -0.15) is 0 Å². The van der Waals surface area contributed by atoms with E-state index in [0.717, 1.165) is 42.2 Å². The summed E-state index contributed by atoms with van der Waals surface area (Å²) < 4.78 is 1.78. The van der Waals surface area contributed by atoms with E-state index in [1.165, 1.54) is 0 Å². The van der Waals surface area contributed by atoms with Gasteiger partial charge in [0.1, 0.15) is 5.65 Å². The topological polar surface area (TPSA) is 130 Å². The maximum absolute atomic E-state index is 13.3. The number of aromatic amines is 2. The first kappa shape index (κ1) is 18.9. The molecule has 5 rings (SSSR count). The number of primary amides is 1. The van der Waals surface area contributed by atoms with Gasteiger partial charge in [-0.1, -0.05) is 12.8 Å². The van der Waals surface area contributed by atoms with Gasteiger partial charge in [-0.25, -0.2) is 9.78 Å². The number of hydrogen-bond donors (Lipinski definition) is 3.